The number of ether oxygens (including phenoxy) is 1. The van der Waals surface area contributed by atoms with Crippen molar-refractivity contribution in [1.82, 2.24) is 4.90 Å². The summed E-state index contributed by atoms with van der Waals surface area (Å²) in [6.07, 6.45) is 7.04. The Balaban J connectivity index is 1.81. The maximum atomic E-state index is 6.40. The summed E-state index contributed by atoms with van der Waals surface area (Å²) >= 11 is 0. The van der Waals surface area contributed by atoms with E-state index in [4.69, 9.17) is 4.74 Å². The standard InChI is InChI=1S/C17H21NO/c1-18-9-8-17-12-5-3-7-15(17)19-14-6-2-4-11(16(14)17)10-13(12)18/h2,4,6,12-13,15H,3,5,7-10H2,1H3/t12?,13?,15?,17-/m1/s1. The highest BCUT2D eigenvalue weighted by Gasteiger charge is 2.62. The molecule has 2 heterocycles. The number of rotatable bonds is 0. The monoisotopic (exact) mass is 255 g/mol. The van der Waals surface area contributed by atoms with Gasteiger partial charge in [-0.2, -0.15) is 0 Å². The zero-order valence-corrected chi connectivity index (χ0v) is 11.6. The third-order valence-electron chi connectivity index (χ3n) is 6.40. The summed E-state index contributed by atoms with van der Waals surface area (Å²) in [5.41, 5.74) is 3.57. The predicted octanol–water partition coefficient (Wildman–Crippen LogP) is 2.75. The first-order chi connectivity index (χ1) is 9.30. The highest BCUT2D eigenvalue weighted by Crippen LogP contribution is 2.61. The zero-order valence-electron chi connectivity index (χ0n) is 11.6. The molecule has 2 aliphatic carbocycles. The quantitative estimate of drug-likeness (QED) is 0.707. The average Bonchev–Trinajstić information content (AvgIpc) is 2.76. The molecule has 0 N–H and O–H groups in total. The fourth-order valence-electron chi connectivity index (χ4n) is 5.68. The van der Waals surface area contributed by atoms with Crippen molar-refractivity contribution < 1.29 is 4.74 Å². The summed E-state index contributed by atoms with van der Waals surface area (Å²) in [5, 5.41) is 0. The lowest BCUT2D eigenvalue weighted by molar-refractivity contribution is -0.0425. The Hall–Kier alpha value is -1.02. The molecule has 2 bridgehead atoms. The summed E-state index contributed by atoms with van der Waals surface area (Å²) in [6.45, 7) is 1.24. The molecule has 100 valence electrons. The maximum absolute atomic E-state index is 6.40. The van der Waals surface area contributed by atoms with Crippen molar-refractivity contribution in [2.24, 2.45) is 5.92 Å². The lowest BCUT2D eigenvalue weighted by Crippen LogP contribution is -2.63. The summed E-state index contributed by atoms with van der Waals surface area (Å²) < 4.78 is 6.40. The van der Waals surface area contributed by atoms with E-state index in [0.717, 1.165) is 12.0 Å². The van der Waals surface area contributed by atoms with Crippen LogP contribution in [0.2, 0.25) is 0 Å². The van der Waals surface area contributed by atoms with Gasteiger partial charge in [-0.25, -0.2) is 0 Å². The molecule has 0 amide bonds. The fourth-order valence-corrected chi connectivity index (χ4v) is 5.68. The van der Waals surface area contributed by atoms with Gasteiger partial charge < -0.3 is 9.64 Å². The first kappa shape index (κ1) is 10.7. The topological polar surface area (TPSA) is 12.5 Å². The van der Waals surface area contributed by atoms with Gasteiger partial charge in [0.25, 0.3) is 0 Å². The van der Waals surface area contributed by atoms with E-state index < -0.39 is 0 Å². The number of likely N-dealkylation sites (tertiary alicyclic amines) is 1. The van der Waals surface area contributed by atoms with Crippen molar-refractivity contribution in [3.05, 3.63) is 29.3 Å². The van der Waals surface area contributed by atoms with Gasteiger partial charge in [0.05, 0.1) is 0 Å². The molecule has 4 aliphatic rings. The normalized spacial score (nSPS) is 42.7. The molecule has 1 saturated heterocycles. The smallest absolute Gasteiger partial charge is 0.123 e. The van der Waals surface area contributed by atoms with E-state index in [0.29, 0.717) is 11.5 Å². The van der Waals surface area contributed by atoms with Crippen molar-refractivity contribution >= 4 is 0 Å². The van der Waals surface area contributed by atoms with Crippen LogP contribution in [0.4, 0.5) is 0 Å². The van der Waals surface area contributed by atoms with Gasteiger partial charge in [0, 0.05) is 17.0 Å². The second kappa shape index (κ2) is 3.35. The van der Waals surface area contributed by atoms with Crippen molar-refractivity contribution in [1.29, 1.82) is 0 Å². The molecule has 1 saturated carbocycles. The number of likely N-dealkylation sites (N-methyl/N-ethyl adjacent to an activating group) is 1. The molecule has 2 aliphatic heterocycles. The Morgan fingerprint density at radius 3 is 3.21 bits per heavy atom. The van der Waals surface area contributed by atoms with E-state index in [1.54, 1.807) is 11.1 Å². The van der Waals surface area contributed by atoms with Crippen molar-refractivity contribution in [3.8, 4) is 5.75 Å². The summed E-state index contributed by atoms with van der Waals surface area (Å²) in [5.74, 6) is 2.05. The Morgan fingerprint density at radius 1 is 1.32 bits per heavy atom. The molecule has 1 aromatic rings. The molecule has 0 radical (unpaired) electrons. The van der Waals surface area contributed by atoms with Gasteiger partial charge in [-0.05, 0) is 63.2 Å². The van der Waals surface area contributed by atoms with Crippen LogP contribution < -0.4 is 4.74 Å². The molecule has 1 spiro atoms. The first-order valence-corrected chi connectivity index (χ1v) is 7.80. The van der Waals surface area contributed by atoms with Gasteiger partial charge in [0.1, 0.15) is 11.9 Å². The van der Waals surface area contributed by atoms with Gasteiger partial charge in [0.2, 0.25) is 0 Å². The summed E-state index contributed by atoms with van der Waals surface area (Å²) in [6, 6.07) is 7.50. The number of hydrogen-bond donors (Lipinski definition) is 0. The minimum Gasteiger partial charge on any atom is -0.489 e. The lowest BCUT2D eigenvalue weighted by atomic mass is 9.52. The van der Waals surface area contributed by atoms with E-state index in [1.807, 2.05) is 0 Å². The third-order valence-corrected chi connectivity index (χ3v) is 6.40. The number of benzene rings is 1. The lowest BCUT2D eigenvalue weighted by Gasteiger charge is -2.57. The van der Waals surface area contributed by atoms with E-state index in [9.17, 15) is 0 Å². The van der Waals surface area contributed by atoms with E-state index in [2.05, 4.69) is 30.1 Å². The van der Waals surface area contributed by atoms with Crippen molar-refractivity contribution in [2.45, 2.75) is 49.7 Å². The minimum absolute atomic E-state index is 0.375. The Kier molecular flexibility index (Phi) is 1.89. The fraction of sp³-hybridized carbons (Fsp3) is 0.647. The second-order valence-corrected chi connectivity index (χ2v) is 6.98. The largest absolute Gasteiger partial charge is 0.489 e. The number of hydrogen-bond acceptors (Lipinski definition) is 2. The van der Waals surface area contributed by atoms with E-state index >= 15 is 0 Å². The van der Waals surface area contributed by atoms with Gasteiger partial charge in [0.15, 0.2) is 0 Å². The molecule has 19 heavy (non-hydrogen) atoms. The van der Waals surface area contributed by atoms with Gasteiger partial charge >= 0.3 is 0 Å². The third kappa shape index (κ3) is 1.10. The molecule has 1 aromatic carbocycles. The van der Waals surface area contributed by atoms with Crippen molar-refractivity contribution in [3.63, 3.8) is 0 Å². The van der Waals surface area contributed by atoms with Crippen LogP contribution >= 0.6 is 0 Å². The highest BCUT2D eigenvalue weighted by molar-refractivity contribution is 5.54. The first-order valence-electron chi connectivity index (χ1n) is 7.80. The van der Waals surface area contributed by atoms with Crippen LogP contribution in [0, 0.1) is 5.92 Å². The Bertz CT molecular complexity index is 554. The van der Waals surface area contributed by atoms with Crippen LogP contribution in [-0.4, -0.2) is 30.6 Å². The van der Waals surface area contributed by atoms with Crippen LogP contribution in [0.15, 0.2) is 18.2 Å². The predicted molar refractivity (Wildman–Crippen MR) is 74.6 cm³/mol. The van der Waals surface area contributed by atoms with E-state index in [-0.39, 0.29) is 0 Å². The van der Waals surface area contributed by atoms with Crippen LogP contribution in [-0.2, 0) is 11.8 Å². The molecule has 0 aromatic heterocycles. The number of piperidine rings is 1. The molecule has 3 unspecified atom stereocenters. The van der Waals surface area contributed by atoms with Gasteiger partial charge in [-0.15, -0.1) is 0 Å². The molecule has 2 fully saturated rings. The highest BCUT2D eigenvalue weighted by atomic mass is 16.5. The maximum Gasteiger partial charge on any atom is 0.123 e. The van der Waals surface area contributed by atoms with Crippen LogP contribution in [0.1, 0.15) is 36.8 Å². The van der Waals surface area contributed by atoms with Crippen molar-refractivity contribution in [2.75, 3.05) is 13.6 Å². The second-order valence-electron chi connectivity index (χ2n) is 6.98. The minimum atomic E-state index is 0.375. The molecular weight excluding hydrogens is 234 g/mol. The van der Waals surface area contributed by atoms with Gasteiger partial charge in [-0.1, -0.05) is 12.1 Å². The Morgan fingerprint density at radius 2 is 2.26 bits per heavy atom. The summed E-state index contributed by atoms with van der Waals surface area (Å²) in [7, 11) is 2.33. The molecule has 2 nitrogen and oxygen atoms in total. The molecule has 2 heteroatoms. The SMILES string of the molecule is CN1CC[C@]23c4c5cccc4OC2CCCC3C1C5. The van der Waals surface area contributed by atoms with E-state index in [1.165, 1.54) is 44.4 Å². The van der Waals surface area contributed by atoms with Crippen LogP contribution in [0.5, 0.6) is 5.75 Å². The van der Waals surface area contributed by atoms with Crippen LogP contribution in [0.3, 0.4) is 0 Å². The van der Waals surface area contributed by atoms with Gasteiger partial charge in [-0.3, -0.25) is 0 Å². The molecular formula is C17H21NO. The number of nitrogens with zero attached hydrogens (tertiary/aromatic N) is 1. The summed E-state index contributed by atoms with van der Waals surface area (Å²) in [4.78, 5) is 2.62. The Labute approximate surface area is 114 Å². The zero-order chi connectivity index (χ0) is 12.6. The molecule has 5 rings (SSSR count). The molecule has 4 atom stereocenters. The van der Waals surface area contributed by atoms with Crippen LogP contribution in [0.25, 0.3) is 0 Å². The average molecular weight is 255 g/mol.